The molecule has 1 aliphatic rings. The SMILES string of the molecule is Cc1ncc(-c2ccc(S(=O)(=O)C(C)C)cc2)nc1C#CC1CC1.[HH]. The molecule has 1 aromatic heterocycles. The van der Waals surface area contributed by atoms with E-state index in [9.17, 15) is 8.42 Å². The van der Waals surface area contributed by atoms with E-state index in [0.29, 0.717) is 22.2 Å². The van der Waals surface area contributed by atoms with Crippen molar-refractivity contribution >= 4 is 9.84 Å². The molecule has 0 unspecified atom stereocenters. The summed E-state index contributed by atoms with van der Waals surface area (Å²) >= 11 is 0. The average molecular weight is 342 g/mol. The molecule has 4 nitrogen and oxygen atoms in total. The van der Waals surface area contributed by atoms with Gasteiger partial charge >= 0.3 is 0 Å². The van der Waals surface area contributed by atoms with Crippen LogP contribution in [0.4, 0.5) is 0 Å². The van der Waals surface area contributed by atoms with Crippen LogP contribution in [-0.4, -0.2) is 23.6 Å². The Morgan fingerprint density at radius 3 is 2.46 bits per heavy atom. The molecule has 1 saturated carbocycles. The lowest BCUT2D eigenvalue weighted by Crippen LogP contribution is -2.13. The summed E-state index contributed by atoms with van der Waals surface area (Å²) in [5.74, 6) is 6.83. The highest BCUT2D eigenvalue weighted by atomic mass is 32.2. The Labute approximate surface area is 144 Å². The van der Waals surface area contributed by atoms with Crippen molar-refractivity contribution in [2.45, 2.75) is 43.8 Å². The molecular weight excluding hydrogens is 320 g/mol. The minimum atomic E-state index is -3.26. The van der Waals surface area contributed by atoms with Crippen LogP contribution < -0.4 is 0 Å². The monoisotopic (exact) mass is 342 g/mol. The van der Waals surface area contributed by atoms with Crippen molar-refractivity contribution in [2.24, 2.45) is 5.92 Å². The largest absolute Gasteiger partial charge is 0.256 e. The molecule has 0 radical (unpaired) electrons. The van der Waals surface area contributed by atoms with Crippen LogP contribution in [0.25, 0.3) is 11.3 Å². The molecule has 2 aromatic rings. The second-order valence-electron chi connectivity index (χ2n) is 6.35. The van der Waals surface area contributed by atoms with Crippen LogP contribution >= 0.6 is 0 Å². The first-order valence-corrected chi connectivity index (χ1v) is 9.62. The predicted octanol–water partition coefficient (Wildman–Crippen LogP) is 3.64. The Hall–Kier alpha value is -2.19. The highest BCUT2D eigenvalue weighted by Gasteiger charge is 2.19. The molecule has 1 heterocycles. The molecule has 3 rings (SSSR count). The smallest absolute Gasteiger partial charge is 0.180 e. The number of hydrogen-bond donors (Lipinski definition) is 0. The normalized spacial score (nSPS) is 14.3. The molecule has 126 valence electrons. The highest BCUT2D eigenvalue weighted by molar-refractivity contribution is 7.92. The molecular formula is C19H22N2O2S. The van der Waals surface area contributed by atoms with E-state index in [1.54, 1.807) is 44.3 Å². The summed E-state index contributed by atoms with van der Waals surface area (Å²) in [6.45, 7) is 5.25. The van der Waals surface area contributed by atoms with Crippen molar-refractivity contribution in [3.8, 4) is 23.1 Å². The maximum absolute atomic E-state index is 12.2. The van der Waals surface area contributed by atoms with Crippen molar-refractivity contribution in [3.63, 3.8) is 0 Å². The lowest BCUT2D eigenvalue weighted by Gasteiger charge is -2.09. The third kappa shape index (κ3) is 3.49. The third-order valence-electron chi connectivity index (χ3n) is 4.03. The summed E-state index contributed by atoms with van der Waals surface area (Å²) in [7, 11) is -3.26. The van der Waals surface area contributed by atoms with Gasteiger partial charge in [-0.2, -0.15) is 0 Å². The number of sulfone groups is 1. The average Bonchev–Trinajstić information content (AvgIpc) is 3.38. The van der Waals surface area contributed by atoms with Crippen LogP contribution in [0.5, 0.6) is 0 Å². The third-order valence-corrected chi connectivity index (χ3v) is 6.20. The van der Waals surface area contributed by atoms with Gasteiger partial charge in [-0.3, -0.25) is 4.98 Å². The zero-order valence-electron chi connectivity index (χ0n) is 14.1. The number of benzene rings is 1. The van der Waals surface area contributed by atoms with Gasteiger partial charge in [0, 0.05) is 12.9 Å². The van der Waals surface area contributed by atoms with Crippen LogP contribution in [-0.2, 0) is 9.84 Å². The molecule has 1 aromatic carbocycles. The number of aryl methyl sites for hydroxylation is 1. The van der Waals surface area contributed by atoms with Gasteiger partial charge in [0.25, 0.3) is 0 Å². The van der Waals surface area contributed by atoms with E-state index in [0.717, 1.165) is 11.3 Å². The quantitative estimate of drug-likeness (QED) is 0.799. The molecule has 0 amide bonds. The summed E-state index contributed by atoms with van der Waals surface area (Å²) in [6, 6.07) is 6.79. The lowest BCUT2D eigenvalue weighted by atomic mass is 10.1. The van der Waals surface area contributed by atoms with Crippen LogP contribution in [0.1, 0.15) is 39.5 Å². The van der Waals surface area contributed by atoms with Gasteiger partial charge < -0.3 is 0 Å². The number of aromatic nitrogens is 2. The second kappa shape index (κ2) is 6.37. The Bertz CT molecular complexity index is 922. The molecule has 1 aliphatic carbocycles. The zero-order chi connectivity index (χ0) is 17.3. The van der Waals surface area contributed by atoms with Gasteiger partial charge in [-0.15, -0.1) is 0 Å². The topological polar surface area (TPSA) is 59.9 Å². The maximum Gasteiger partial charge on any atom is 0.180 e. The second-order valence-corrected chi connectivity index (χ2v) is 8.86. The minimum Gasteiger partial charge on any atom is -0.256 e. The first-order chi connectivity index (χ1) is 11.4. The summed E-state index contributed by atoms with van der Waals surface area (Å²) < 4.78 is 24.4. The van der Waals surface area contributed by atoms with E-state index in [1.165, 1.54) is 12.8 Å². The highest BCUT2D eigenvalue weighted by Crippen LogP contribution is 2.28. The standard InChI is InChI=1S/C19H20N2O2S.H2/c1-13(2)24(22,23)17-9-7-16(8-10-17)19-12-20-14(3)18(21-19)11-6-15-4-5-15;/h7-10,12-13,15H,4-5H2,1-3H3;1H. The predicted molar refractivity (Wildman–Crippen MR) is 96.2 cm³/mol. The Morgan fingerprint density at radius 1 is 1.21 bits per heavy atom. The molecule has 0 aliphatic heterocycles. The van der Waals surface area contributed by atoms with Crippen LogP contribution in [0, 0.1) is 24.7 Å². The number of nitrogens with zero attached hydrogens (tertiary/aromatic N) is 2. The lowest BCUT2D eigenvalue weighted by molar-refractivity contribution is 0.587. The zero-order valence-corrected chi connectivity index (χ0v) is 14.9. The van der Waals surface area contributed by atoms with Crippen molar-refractivity contribution in [1.29, 1.82) is 0 Å². The van der Waals surface area contributed by atoms with E-state index in [-0.39, 0.29) is 1.43 Å². The Morgan fingerprint density at radius 2 is 1.88 bits per heavy atom. The van der Waals surface area contributed by atoms with Crippen molar-refractivity contribution in [2.75, 3.05) is 0 Å². The first-order valence-electron chi connectivity index (χ1n) is 8.07. The summed E-state index contributed by atoms with van der Waals surface area (Å²) in [5.41, 5.74) is 3.04. The Balaban J connectivity index is 0.00000225. The van der Waals surface area contributed by atoms with E-state index in [2.05, 4.69) is 21.8 Å². The van der Waals surface area contributed by atoms with Crippen molar-refractivity contribution in [3.05, 3.63) is 41.9 Å². The molecule has 0 spiro atoms. The minimum absolute atomic E-state index is 0. The van der Waals surface area contributed by atoms with Gasteiger partial charge in [-0.05, 0) is 51.7 Å². The van der Waals surface area contributed by atoms with E-state index in [1.807, 2.05) is 6.92 Å². The molecule has 1 fully saturated rings. The molecule has 24 heavy (non-hydrogen) atoms. The Kier molecular flexibility index (Phi) is 4.42. The molecule has 0 N–H and O–H groups in total. The number of rotatable bonds is 3. The first kappa shape index (κ1) is 16.7. The molecule has 0 saturated heterocycles. The van der Waals surface area contributed by atoms with E-state index >= 15 is 0 Å². The van der Waals surface area contributed by atoms with Gasteiger partial charge in [0.1, 0.15) is 5.69 Å². The van der Waals surface area contributed by atoms with Gasteiger partial charge in [0.15, 0.2) is 9.84 Å². The van der Waals surface area contributed by atoms with Crippen LogP contribution in [0.15, 0.2) is 35.4 Å². The fourth-order valence-corrected chi connectivity index (χ4v) is 3.25. The van der Waals surface area contributed by atoms with Crippen molar-refractivity contribution < 1.29 is 9.84 Å². The van der Waals surface area contributed by atoms with Crippen molar-refractivity contribution in [1.82, 2.24) is 9.97 Å². The van der Waals surface area contributed by atoms with Gasteiger partial charge in [0.05, 0.1) is 27.7 Å². The van der Waals surface area contributed by atoms with E-state index < -0.39 is 15.1 Å². The van der Waals surface area contributed by atoms with Gasteiger partial charge in [-0.25, -0.2) is 13.4 Å². The maximum atomic E-state index is 12.2. The fraction of sp³-hybridized carbons (Fsp3) is 0.368. The molecule has 0 atom stereocenters. The summed E-state index contributed by atoms with van der Waals surface area (Å²) in [4.78, 5) is 9.28. The van der Waals surface area contributed by atoms with E-state index in [4.69, 9.17) is 0 Å². The van der Waals surface area contributed by atoms with Gasteiger partial charge in [-0.1, -0.05) is 18.1 Å². The summed E-state index contributed by atoms with van der Waals surface area (Å²) in [6.07, 6.45) is 4.04. The molecule has 5 heteroatoms. The summed E-state index contributed by atoms with van der Waals surface area (Å²) in [5, 5.41) is -0.438. The van der Waals surface area contributed by atoms with Crippen LogP contribution in [0.3, 0.4) is 0 Å². The van der Waals surface area contributed by atoms with Crippen LogP contribution in [0.2, 0.25) is 0 Å². The van der Waals surface area contributed by atoms with Gasteiger partial charge in [0.2, 0.25) is 0 Å². The fourth-order valence-electron chi connectivity index (χ4n) is 2.19. The molecule has 0 bridgehead atoms. The number of hydrogen-bond acceptors (Lipinski definition) is 4.